The van der Waals surface area contributed by atoms with Crippen molar-refractivity contribution in [1.82, 2.24) is 5.32 Å². The van der Waals surface area contributed by atoms with Crippen LogP contribution in [-0.4, -0.2) is 29.7 Å². The van der Waals surface area contributed by atoms with E-state index < -0.39 is 6.04 Å². The summed E-state index contributed by atoms with van der Waals surface area (Å²) in [5, 5.41) is 11.6. The van der Waals surface area contributed by atoms with Gasteiger partial charge in [0.2, 0.25) is 5.91 Å². The molecule has 14 heavy (non-hydrogen) atoms. The van der Waals surface area contributed by atoms with Crippen LogP contribution in [0, 0.1) is 5.92 Å². The van der Waals surface area contributed by atoms with Crippen LogP contribution in [-0.2, 0) is 4.79 Å². The predicted octanol–water partition coefficient (Wildman–Crippen LogP) is 0.247. The van der Waals surface area contributed by atoms with Gasteiger partial charge >= 0.3 is 0 Å². The largest absolute Gasteiger partial charge is 0.394 e. The van der Waals surface area contributed by atoms with Crippen molar-refractivity contribution in [2.24, 2.45) is 11.7 Å². The normalized spacial score (nSPS) is 15.3. The molecule has 84 valence electrons. The molecular formula is C10H22N2O2. The van der Waals surface area contributed by atoms with Gasteiger partial charge in [-0.2, -0.15) is 0 Å². The molecule has 4 heteroatoms. The van der Waals surface area contributed by atoms with Crippen LogP contribution in [0.3, 0.4) is 0 Å². The van der Waals surface area contributed by atoms with E-state index in [0.717, 1.165) is 6.42 Å². The molecule has 4 N–H and O–H groups in total. The number of aliphatic hydroxyl groups is 1. The van der Waals surface area contributed by atoms with Gasteiger partial charge in [0.1, 0.15) is 0 Å². The van der Waals surface area contributed by atoms with Crippen LogP contribution in [0.5, 0.6) is 0 Å². The Labute approximate surface area is 85.9 Å². The van der Waals surface area contributed by atoms with Gasteiger partial charge in [-0.25, -0.2) is 0 Å². The summed E-state index contributed by atoms with van der Waals surface area (Å²) < 4.78 is 0. The summed E-state index contributed by atoms with van der Waals surface area (Å²) in [7, 11) is 0. The second-order valence-corrected chi connectivity index (χ2v) is 4.03. The molecule has 0 aromatic rings. The Morgan fingerprint density at radius 2 is 2.07 bits per heavy atom. The second-order valence-electron chi connectivity index (χ2n) is 4.03. The molecule has 0 saturated carbocycles. The highest BCUT2D eigenvalue weighted by Crippen LogP contribution is 2.03. The van der Waals surface area contributed by atoms with Crippen molar-refractivity contribution < 1.29 is 9.90 Å². The molecule has 0 aliphatic carbocycles. The Morgan fingerprint density at radius 3 is 2.43 bits per heavy atom. The molecule has 0 unspecified atom stereocenters. The third-order valence-corrected chi connectivity index (χ3v) is 2.12. The van der Waals surface area contributed by atoms with E-state index in [0.29, 0.717) is 12.3 Å². The second kappa shape index (κ2) is 6.79. The quantitative estimate of drug-likeness (QED) is 0.578. The average Bonchev–Trinajstić information content (AvgIpc) is 2.12. The number of hydrogen-bond donors (Lipinski definition) is 3. The van der Waals surface area contributed by atoms with E-state index in [4.69, 9.17) is 10.8 Å². The monoisotopic (exact) mass is 202 g/mol. The highest BCUT2D eigenvalue weighted by Gasteiger charge is 2.17. The maximum absolute atomic E-state index is 11.5. The van der Waals surface area contributed by atoms with Crippen molar-refractivity contribution in [3.05, 3.63) is 0 Å². The van der Waals surface area contributed by atoms with Gasteiger partial charge in [0, 0.05) is 0 Å². The van der Waals surface area contributed by atoms with Crippen molar-refractivity contribution in [1.29, 1.82) is 0 Å². The number of aliphatic hydroxyl groups excluding tert-OH is 1. The molecule has 0 aliphatic rings. The number of hydrogen-bond acceptors (Lipinski definition) is 3. The third kappa shape index (κ3) is 5.19. The first-order chi connectivity index (χ1) is 6.51. The fourth-order valence-electron chi connectivity index (χ4n) is 1.20. The van der Waals surface area contributed by atoms with E-state index in [-0.39, 0.29) is 18.6 Å². The fourth-order valence-corrected chi connectivity index (χ4v) is 1.20. The van der Waals surface area contributed by atoms with Crippen molar-refractivity contribution in [2.75, 3.05) is 6.61 Å². The van der Waals surface area contributed by atoms with E-state index in [1.807, 2.05) is 20.8 Å². The van der Waals surface area contributed by atoms with E-state index >= 15 is 0 Å². The van der Waals surface area contributed by atoms with Crippen molar-refractivity contribution in [3.8, 4) is 0 Å². The molecule has 0 aromatic carbocycles. The predicted molar refractivity (Wildman–Crippen MR) is 56.7 cm³/mol. The first kappa shape index (κ1) is 13.4. The smallest absolute Gasteiger partial charge is 0.237 e. The van der Waals surface area contributed by atoms with Crippen LogP contribution < -0.4 is 11.1 Å². The molecule has 0 saturated heterocycles. The van der Waals surface area contributed by atoms with E-state index in [9.17, 15) is 4.79 Å². The van der Waals surface area contributed by atoms with Crippen LogP contribution in [0.2, 0.25) is 0 Å². The van der Waals surface area contributed by atoms with Crippen molar-refractivity contribution in [2.45, 2.75) is 45.7 Å². The third-order valence-electron chi connectivity index (χ3n) is 2.12. The highest BCUT2D eigenvalue weighted by atomic mass is 16.3. The topological polar surface area (TPSA) is 75.3 Å². The van der Waals surface area contributed by atoms with Crippen LogP contribution in [0.15, 0.2) is 0 Å². The minimum Gasteiger partial charge on any atom is -0.394 e. The van der Waals surface area contributed by atoms with Crippen LogP contribution in [0.1, 0.15) is 33.6 Å². The molecular weight excluding hydrogens is 180 g/mol. The molecule has 0 rings (SSSR count). The number of carbonyl (C=O) groups excluding carboxylic acids is 1. The van der Waals surface area contributed by atoms with Gasteiger partial charge < -0.3 is 16.2 Å². The molecule has 0 aliphatic heterocycles. The Morgan fingerprint density at radius 1 is 1.50 bits per heavy atom. The maximum Gasteiger partial charge on any atom is 0.237 e. The molecule has 4 nitrogen and oxygen atoms in total. The van der Waals surface area contributed by atoms with Crippen molar-refractivity contribution >= 4 is 5.91 Å². The molecule has 0 bridgehead atoms. The zero-order valence-electron chi connectivity index (χ0n) is 9.29. The number of nitrogens with two attached hydrogens (primary N) is 1. The fraction of sp³-hybridized carbons (Fsp3) is 0.900. The van der Waals surface area contributed by atoms with Gasteiger partial charge in [0.25, 0.3) is 0 Å². The Hall–Kier alpha value is -0.610. The minimum absolute atomic E-state index is 0.0311. The van der Waals surface area contributed by atoms with Crippen LogP contribution in [0.25, 0.3) is 0 Å². The SMILES string of the molecule is CC[C@H](CO)NC(=O)[C@H](N)CC(C)C. The lowest BCUT2D eigenvalue weighted by Gasteiger charge is -2.18. The highest BCUT2D eigenvalue weighted by molar-refractivity contribution is 5.81. The Bertz CT molecular complexity index is 168. The molecule has 0 radical (unpaired) electrons. The lowest BCUT2D eigenvalue weighted by Crippen LogP contribution is -2.46. The van der Waals surface area contributed by atoms with Gasteiger partial charge in [-0.3, -0.25) is 4.79 Å². The number of carbonyl (C=O) groups is 1. The Kier molecular flexibility index (Phi) is 6.49. The van der Waals surface area contributed by atoms with Crippen molar-refractivity contribution in [3.63, 3.8) is 0 Å². The summed E-state index contributed by atoms with van der Waals surface area (Å²) in [5.74, 6) is 0.240. The zero-order valence-corrected chi connectivity index (χ0v) is 9.29. The van der Waals surface area contributed by atoms with E-state index in [1.165, 1.54) is 0 Å². The average molecular weight is 202 g/mol. The van der Waals surface area contributed by atoms with Gasteiger partial charge in [-0.1, -0.05) is 20.8 Å². The summed E-state index contributed by atoms with van der Waals surface area (Å²) in [6, 6.07) is -0.628. The first-order valence-electron chi connectivity index (χ1n) is 5.18. The number of rotatable bonds is 6. The van der Waals surface area contributed by atoms with E-state index in [1.54, 1.807) is 0 Å². The van der Waals surface area contributed by atoms with Crippen LogP contribution in [0.4, 0.5) is 0 Å². The van der Waals surface area contributed by atoms with Gasteiger partial charge in [0.15, 0.2) is 0 Å². The summed E-state index contributed by atoms with van der Waals surface area (Å²) in [5.41, 5.74) is 5.68. The van der Waals surface area contributed by atoms with Gasteiger partial charge in [-0.05, 0) is 18.8 Å². The molecule has 0 heterocycles. The summed E-state index contributed by atoms with van der Waals surface area (Å²) in [6.07, 6.45) is 1.39. The number of nitrogens with one attached hydrogen (secondary N) is 1. The van der Waals surface area contributed by atoms with E-state index in [2.05, 4.69) is 5.32 Å². The molecule has 2 atom stereocenters. The van der Waals surface area contributed by atoms with Crippen LogP contribution >= 0.6 is 0 Å². The van der Waals surface area contributed by atoms with Gasteiger partial charge in [-0.15, -0.1) is 0 Å². The minimum atomic E-state index is -0.462. The lowest BCUT2D eigenvalue weighted by molar-refractivity contribution is -0.123. The standard InChI is InChI=1S/C10H22N2O2/c1-4-8(6-13)12-10(14)9(11)5-7(2)3/h7-9,13H,4-6,11H2,1-3H3,(H,12,14)/t8-,9-/m1/s1. The summed E-state index contributed by atoms with van der Waals surface area (Å²) >= 11 is 0. The summed E-state index contributed by atoms with van der Waals surface area (Å²) in [6.45, 7) is 5.93. The summed E-state index contributed by atoms with van der Waals surface area (Å²) in [4.78, 5) is 11.5. The first-order valence-corrected chi connectivity index (χ1v) is 5.18. The Balaban J connectivity index is 3.93. The molecule has 0 spiro atoms. The molecule has 0 aromatic heterocycles. The number of amides is 1. The lowest BCUT2D eigenvalue weighted by atomic mass is 10.0. The molecule has 1 amide bonds. The van der Waals surface area contributed by atoms with Gasteiger partial charge in [0.05, 0.1) is 18.7 Å². The maximum atomic E-state index is 11.5. The molecule has 0 fully saturated rings. The zero-order chi connectivity index (χ0) is 11.1.